The molecule has 1 heterocycles. The van der Waals surface area contributed by atoms with Gasteiger partial charge in [0.05, 0.1) is 22.9 Å². The summed E-state index contributed by atoms with van der Waals surface area (Å²) in [6, 6.07) is 4.73. The number of amides is 1. The van der Waals surface area contributed by atoms with Crippen molar-refractivity contribution in [1.29, 1.82) is 0 Å². The minimum Gasteiger partial charge on any atom is -0.384 e. The van der Waals surface area contributed by atoms with Crippen LogP contribution >= 0.6 is 0 Å². The third-order valence-corrected chi connectivity index (χ3v) is 6.23. The van der Waals surface area contributed by atoms with Gasteiger partial charge in [-0.25, -0.2) is 8.42 Å². The SMILES string of the molecule is CCNc1ccc(S(=O)(=O)N(CC)CC)cc1NC(=O)C1CNCCO1. The Balaban J connectivity index is 2.31. The lowest BCUT2D eigenvalue weighted by Crippen LogP contribution is -2.45. The zero-order valence-corrected chi connectivity index (χ0v) is 16.4. The maximum absolute atomic E-state index is 12.8. The minimum absolute atomic E-state index is 0.154. The number of rotatable bonds is 8. The van der Waals surface area contributed by atoms with Gasteiger partial charge in [-0.1, -0.05) is 13.8 Å². The van der Waals surface area contributed by atoms with Crippen LogP contribution in [0.4, 0.5) is 11.4 Å². The lowest BCUT2D eigenvalue weighted by Gasteiger charge is -2.24. The summed E-state index contributed by atoms with van der Waals surface area (Å²) in [5, 5.41) is 9.05. The van der Waals surface area contributed by atoms with Crippen molar-refractivity contribution in [2.45, 2.75) is 31.8 Å². The van der Waals surface area contributed by atoms with Gasteiger partial charge < -0.3 is 20.7 Å². The van der Waals surface area contributed by atoms with Crippen LogP contribution in [0, 0.1) is 0 Å². The average Bonchev–Trinajstić information content (AvgIpc) is 2.64. The first kappa shape index (κ1) is 20.6. The molecule has 1 fully saturated rings. The molecule has 0 radical (unpaired) electrons. The van der Waals surface area contributed by atoms with E-state index in [2.05, 4.69) is 16.0 Å². The first-order valence-electron chi connectivity index (χ1n) is 8.95. The van der Waals surface area contributed by atoms with E-state index in [0.717, 1.165) is 0 Å². The number of ether oxygens (including phenoxy) is 1. The van der Waals surface area contributed by atoms with E-state index in [4.69, 9.17) is 4.74 Å². The van der Waals surface area contributed by atoms with Crippen LogP contribution in [-0.2, 0) is 19.6 Å². The van der Waals surface area contributed by atoms with Crippen LogP contribution in [0.3, 0.4) is 0 Å². The lowest BCUT2D eigenvalue weighted by atomic mass is 10.2. The number of hydrogen-bond donors (Lipinski definition) is 3. The third-order valence-electron chi connectivity index (χ3n) is 4.18. The number of nitrogens with zero attached hydrogens (tertiary/aromatic N) is 1. The van der Waals surface area contributed by atoms with Crippen LogP contribution < -0.4 is 16.0 Å². The Hall–Kier alpha value is -1.68. The normalized spacial score (nSPS) is 17.9. The predicted octanol–water partition coefficient (Wildman–Crippen LogP) is 1.08. The summed E-state index contributed by atoms with van der Waals surface area (Å²) in [5.74, 6) is -0.297. The molecule has 3 N–H and O–H groups in total. The molecule has 1 amide bonds. The highest BCUT2D eigenvalue weighted by atomic mass is 32.2. The van der Waals surface area contributed by atoms with E-state index in [1.807, 2.05) is 6.92 Å². The van der Waals surface area contributed by atoms with Crippen LogP contribution in [0.5, 0.6) is 0 Å². The second-order valence-corrected chi connectivity index (χ2v) is 7.82. The number of carbonyl (C=O) groups excluding carboxylic acids is 1. The molecule has 0 bridgehead atoms. The minimum atomic E-state index is -3.61. The summed E-state index contributed by atoms with van der Waals surface area (Å²) >= 11 is 0. The van der Waals surface area contributed by atoms with Crippen molar-refractivity contribution in [3.63, 3.8) is 0 Å². The Morgan fingerprint density at radius 2 is 2.00 bits per heavy atom. The highest BCUT2D eigenvalue weighted by molar-refractivity contribution is 7.89. The molecule has 1 aromatic carbocycles. The molecule has 26 heavy (non-hydrogen) atoms. The highest BCUT2D eigenvalue weighted by Gasteiger charge is 2.25. The highest BCUT2D eigenvalue weighted by Crippen LogP contribution is 2.27. The summed E-state index contributed by atoms with van der Waals surface area (Å²) in [6.45, 7) is 8.55. The fourth-order valence-corrected chi connectivity index (χ4v) is 4.28. The Bertz CT molecular complexity index is 713. The van der Waals surface area contributed by atoms with Crippen molar-refractivity contribution in [3.8, 4) is 0 Å². The van der Waals surface area contributed by atoms with Crippen molar-refractivity contribution >= 4 is 27.3 Å². The van der Waals surface area contributed by atoms with E-state index in [1.54, 1.807) is 26.0 Å². The van der Waals surface area contributed by atoms with Gasteiger partial charge in [-0.05, 0) is 25.1 Å². The van der Waals surface area contributed by atoms with E-state index in [0.29, 0.717) is 50.7 Å². The Labute approximate surface area is 155 Å². The van der Waals surface area contributed by atoms with Crippen LogP contribution in [0.15, 0.2) is 23.1 Å². The van der Waals surface area contributed by atoms with Crippen LogP contribution in [0.2, 0.25) is 0 Å². The number of benzene rings is 1. The van der Waals surface area contributed by atoms with E-state index in [1.165, 1.54) is 10.4 Å². The zero-order chi connectivity index (χ0) is 19.2. The lowest BCUT2D eigenvalue weighted by molar-refractivity contribution is -0.128. The first-order valence-corrected chi connectivity index (χ1v) is 10.4. The van der Waals surface area contributed by atoms with Crippen molar-refractivity contribution in [1.82, 2.24) is 9.62 Å². The maximum atomic E-state index is 12.8. The molecule has 1 saturated heterocycles. The molecule has 1 aromatic rings. The summed E-state index contributed by atoms with van der Waals surface area (Å²) in [7, 11) is -3.61. The van der Waals surface area contributed by atoms with Gasteiger partial charge in [-0.2, -0.15) is 4.31 Å². The first-order chi connectivity index (χ1) is 12.4. The van der Waals surface area contributed by atoms with Crippen LogP contribution in [-0.4, -0.2) is 64.1 Å². The summed E-state index contributed by atoms with van der Waals surface area (Å²) < 4.78 is 32.4. The van der Waals surface area contributed by atoms with Crippen molar-refractivity contribution in [3.05, 3.63) is 18.2 Å². The quantitative estimate of drug-likeness (QED) is 0.620. The fraction of sp³-hybridized carbons (Fsp3) is 0.588. The molecular formula is C17H28N4O4S. The zero-order valence-electron chi connectivity index (χ0n) is 15.5. The molecular weight excluding hydrogens is 356 g/mol. The number of anilines is 2. The number of nitrogens with one attached hydrogen (secondary N) is 3. The largest absolute Gasteiger partial charge is 0.384 e. The topological polar surface area (TPSA) is 99.8 Å². The van der Waals surface area contributed by atoms with Gasteiger partial charge in [0.25, 0.3) is 5.91 Å². The number of morpholine rings is 1. The monoisotopic (exact) mass is 384 g/mol. The third kappa shape index (κ3) is 4.73. The summed E-state index contributed by atoms with van der Waals surface area (Å²) in [6.07, 6.45) is -0.596. The van der Waals surface area contributed by atoms with Gasteiger partial charge in [0.15, 0.2) is 0 Å². The molecule has 146 valence electrons. The van der Waals surface area contributed by atoms with E-state index >= 15 is 0 Å². The summed E-state index contributed by atoms with van der Waals surface area (Å²) in [5.41, 5.74) is 1.10. The maximum Gasteiger partial charge on any atom is 0.254 e. The van der Waals surface area contributed by atoms with Crippen LogP contribution in [0.1, 0.15) is 20.8 Å². The molecule has 9 heteroatoms. The molecule has 0 aliphatic carbocycles. The Kier molecular flexibility index (Phi) is 7.39. The van der Waals surface area contributed by atoms with E-state index in [9.17, 15) is 13.2 Å². The molecule has 2 rings (SSSR count). The average molecular weight is 385 g/mol. The molecule has 0 spiro atoms. The Morgan fingerprint density at radius 1 is 1.27 bits per heavy atom. The van der Waals surface area contributed by atoms with Gasteiger partial charge in [-0.3, -0.25) is 4.79 Å². The van der Waals surface area contributed by atoms with Gasteiger partial charge in [0.2, 0.25) is 10.0 Å². The summed E-state index contributed by atoms with van der Waals surface area (Å²) in [4.78, 5) is 12.6. The molecule has 1 atom stereocenters. The van der Waals surface area contributed by atoms with E-state index in [-0.39, 0.29) is 10.8 Å². The molecule has 1 aliphatic heterocycles. The molecule has 0 aromatic heterocycles. The van der Waals surface area contributed by atoms with Crippen molar-refractivity contribution < 1.29 is 17.9 Å². The fourth-order valence-electron chi connectivity index (χ4n) is 2.79. The van der Waals surface area contributed by atoms with Crippen molar-refractivity contribution in [2.24, 2.45) is 0 Å². The van der Waals surface area contributed by atoms with Crippen LogP contribution in [0.25, 0.3) is 0 Å². The standard InChI is InChI=1S/C17H28N4O4S/c1-4-19-14-8-7-13(26(23,24)21(5-2)6-3)11-15(14)20-17(22)16-12-18-9-10-25-16/h7-8,11,16,18-19H,4-6,9-10,12H2,1-3H3,(H,20,22). The predicted molar refractivity (Wildman–Crippen MR) is 102 cm³/mol. The van der Waals surface area contributed by atoms with Gasteiger partial charge in [0.1, 0.15) is 6.10 Å². The van der Waals surface area contributed by atoms with E-state index < -0.39 is 16.1 Å². The van der Waals surface area contributed by atoms with Crippen molar-refractivity contribution in [2.75, 3.05) is 50.0 Å². The number of hydrogen-bond acceptors (Lipinski definition) is 6. The second kappa shape index (κ2) is 9.31. The number of sulfonamides is 1. The molecule has 8 nitrogen and oxygen atoms in total. The molecule has 1 unspecified atom stereocenters. The molecule has 1 aliphatic rings. The Morgan fingerprint density at radius 3 is 2.58 bits per heavy atom. The smallest absolute Gasteiger partial charge is 0.254 e. The number of carbonyl (C=O) groups is 1. The van der Waals surface area contributed by atoms with Gasteiger partial charge in [-0.15, -0.1) is 0 Å². The second-order valence-electron chi connectivity index (χ2n) is 5.88. The van der Waals surface area contributed by atoms with Gasteiger partial charge in [0, 0.05) is 32.7 Å². The molecule has 0 saturated carbocycles. The van der Waals surface area contributed by atoms with Gasteiger partial charge >= 0.3 is 0 Å².